The molecule has 2 unspecified atom stereocenters. The largest absolute Gasteiger partial charge is 0.460 e. The van der Waals surface area contributed by atoms with E-state index in [-0.39, 0.29) is 18.2 Å². The summed E-state index contributed by atoms with van der Waals surface area (Å²) < 4.78 is 5.02. The van der Waals surface area contributed by atoms with Crippen molar-refractivity contribution in [1.82, 2.24) is 0 Å². The number of ether oxygens (including phenoxy) is 1. The molecule has 0 spiro atoms. The van der Waals surface area contributed by atoms with Gasteiger partial charge in [0.05, 0.1) is 12.2 Å². The van der Waals surface area contributed by atoms with Crippen LogP contribution < -0.4 is 0 Å². The van der Waals surface area contributed by atoms with Crippen LogP contribution in [-0.4, -0.2) is 23.3 Å². The SMILES string of the molecule is C=CC(=O)OC(C)CCCCCC.CCCCCCC(C)O. The van der Waals surface area contributed by atoms with Gasteiger partial charge >= 0.3 is 5.97 Å². The molecule has 0 rings (SSSR count). The third-order valence-electron chi connectivity index (χ3n) is 3.42. The number of carbonyl (C=O) groups excluding carboxylic acids is 1. The predicted molar refractivity (Wildman–Crippen MR) is 94.9 cm³/mol. The first-order valence-electron chi connectivity index (χ1n) is 8.98. The Balaban J connectivity index is 0. The second-order valence-electron chi connectivity index (χ2n) is 6.00. The van der Waals surface area contributed by atoms with E-state index < -0.39 is 0 Å². The molecule has 3 nitrogen and oxygen atoms in total. The molecule has 0 aliphatic rings. The van der Waals surface area contributed by atoms with Crippen molar-refractivity contribution >= 4 is 5.97 Å². The fourth-order valence-electron chi connectivity index (χ4n) is 2.03. The van der Waals surface area contributed by atoms with Gasteiger partial charge in [-0.2, -0.15) is 0 Å². The summed E-state index contributed by atoms with van der Waals surface area (Å²) in [7, 11) is 0. The van der Waals surface area contributed by atoms with E-state index in [1.54, 1.807) is 0 Å². The molecule has 0 heterocycles. The van der Waals surface area contributed by atoms with Crippen LogP contribution in [0.2, 0.25) is 0 Å². The fraction of sp³-hybridized carbons (Fsp3) is 0.842. The Morgan fingerprint density at radius 3 is 1.91 bits per heavy atom. The van der Waals surface area contributed by atoms with E-state index in [1.165, 1.54) is 51.0 Å². The smallest absolute Gasteiger partial charge is 0.330 e. The maximum atomic E-state index is 10.8. The average Bonchev–Trinajstić information content (AvgIpc) is 2.48. The Hall–Kier alpha value is -0.830. The molecule has 2 atom stereocenters. The maximum absolute atomic E-state index is 10.8. The van der Waals surface area contributed by atoms with Gasteiger partial charge in [0, 0.05) is 6.08 Å². The summed E-state index contributed by atoms with van der Waals surface area (Å²) in [4.78, 5) is 10.8. The minimum Gasteiger partial charge on any atom is -0.460 e. The van der Waals surface area contributed by atoms with Gasteiger partial charge < -0.3 is 9.84 Å². The summed E-state index contributed by atoms with van der Waals surface area (Å²) in [6, 6.07) is 0. The first-order valence-corrected chi connectivity index (χ1v) is 8.98. The molecule has 132 valence electrons. The van der Waals surface area contributed by atoms with Crippen molar-refractivity contribution in [3.63, 3.8) is 0 Å². The number of unbranched alkanes of at least 4 members (excludes halogenated alkanes) is 6. The van der Waals surface area contributed by atoms with E-state index in [0.717, 1.165) is 19.3 Å². The Morgan fingerprint density at radius 1 is 1.00 bits per heavy atom. The molecule has 0 aromatic rings. The zero-order valence-electron chi connectivity index (χ0n) is 15.3. The van der Waals surface area contributed by atoms with Gasteiger partial charge in [-0.05, 0) is 33.1 Å². The van der Waals surface area contributed by atoms with Gasteiger partial charge in [0.15, 0.2) is 0 Å². The van der Waals surface area contributed by atoms with Crippen molar-refractivity contribution in [1.29, 1.82) is 0 Å². The van der Waals surface area contributed by atoms with Gasteiger partial charge in [0.1, 0.15) is 0 Å². The van der Waals surface area contributed by atoms with Crippen LogP contribution in [0.25, 0.3) is 0 Å². The highest BCUT2D eigenvalue weighted by Gasteiger charge is 2.05. The second-order valence-corrected chi connectivity index (χ2v) is 6.00. The summed E-state index contributed by atoms with van der Waals surface area (Å²) in [5, 5.41) is 8.85. The lowest BCUT2D eigenvalue weighted by Crippen LogP contribution is -2.12. The van der Waals surface area contributed by atoms with E-state index in [9.17, 15) is 4.79 Å². The van der Waals surface area contributed by atoms with E-state index in [4.69, 9.17) is 9.84 Å². The van der Waals surface area contributed by atoms with Gasteiger partial charge in [-0.15, -0.1) is 0 Å². The molecule has 22 heavy (non-hydrogen) atoms. The third-order valence-corrected chi connectivity index (χ3v) is 3.42. The van der Waals surface area contributed by atoms with E-state index in [1.807, 2.05) is 13.8 Å². The second kappa shape index (κ2) is 18.2. The highest BCUT2D eigenvalue weighted by Crippen LogP contribution is 2.08. The van der Waals surface area contributed by atoms with Crippen LogP contribution in [0.5, 0.6) is 0 Å². The first-order chi connectivity index (χ1) is 10.5. The molecule has 0 aliphatic heterocycles. The van der Waals surface area contributed by atoms with Crippen molar-refractivity contribution in [2.24, 2.45) is 0 Å². The highest BCUT2D eigenvalue weighted by atomic mass is 16.5. The summed E-state index contributed by atoms with van der Waals surface area (Å²) in [6.45, 7) is 11.5. The first kappa shape index (κ1) is 23.4. The molecule has 0 aliphatic carbocycles. The minimum atomic E-state index is -0.317. The molecule has 0 saturated heterocycles. The van der Waals surface area contributed by atoms with Crippen LogP contribution in [0.15, 0.2) is 12.7 Å². The molecule has 0 saturated carbocycles. The van der Waals surface area contributed by atoms with Gasteiger partial charge in [-0.25, -0.2) is 4.79 Å². The van der Waals surface area contributed by atoms with Gasteiger partial charge in [-0.3, -0.25) is 0 Å². The van der Waals surface area contributed by atoms with Gasteiger partial charge in [0.2, 0.25) is 0 Å². The lowest BCUT2D eigenvalue weighted by molar-refractivity contribution is -0.142. The number of aliphatic hydroxyl groups excluding tert-OH is 1. The van der Waals surface area contributed by atoms with Crippen LogP contribution in [-0.2, 0) is 9.53 Å². The third kappa shape index (κ3) is 21.5. The standard InChI is InChI=1S/C11H20O2.C8H18O/c1-4-6-7-8-9-10(3)13-11(12)5-2;1-3-4-5-6-7-8(2)9/h5,10H,2,4,6-9H2,1,3H3;8-9H,3-7H2,1-2H3. The zero-order chi connectivity index (χ0) is 17.2. The molecular formula is C19H38O3. The average molecular weight is 315 g/mol. The Labute approximate surface area is 138 Å². The molecule has 0 bridgehead atoms. The molecule has 3 heteroatoms. The number of rotatable bonds is 12. The Bertz CT molecular complexity index is 249. The topological polar surface area (TPSA) is 46.5 Å². The van der Waals surface area contributed by atoms with Crippen LogP contribution in [0.1, 0.15) is 91.9 Å². The predicted octanol–water partition coefficient (Wildman–Crippen LogP) is 5.41. The quantitative estimate of drug-likeness (QED) is 0.297. The molecule has 0 aromatic heterocycles. The normalized spacial score (nSPS) is 12.8. The van der Waals surface area contributed by atoms with Crippen molar-refractivity contribution in [2.75, 3.05) is 0 Å². The highest BCUT2D eigenvalue weighted by molar-refractivity contribution is 5.81. The van der Waals surface area contributed by atoms with Crippen molar-refractivity contribution in [3.05, 3.63) is 12.7 Å². The summed E-state index contributed by atoms with van der Waals surface area (Å²) in [5.41, 5.74) is 0. The lowest BCUT2D eigenvalue weighted by Gasteiger charge is -2.10. The number of esters is 1. The zero-order valence-corrected chi connectivity index (χ0v) is 15.3. The molecule has 0 amide bonds. The Morgan fingerprint density at radius 2 is 1.50 bits per heavy atom. The minimum absolute atomic E-state index is 0.0300. The molecule has 0 fully saturated rings. The number of aliphatic hydroxyl groups is 1. The lowest BCUT2D eigenvalue weighted by atomic mass is 10.1. The van der Waals surface area contributed by atoms with Crippen molar-refractivity contribution < 1.29 is 14.6 Å². The number of hydrogen-bond acceptors (Lipinski definition) is 3. The van der Waals surface area contributed by atoms with E-state index in [0.29, 0.717) is 0 Å². The summed E-state index contributed by atoms with van der Waals surface area (Å²) >= 11 is 0. The molecule has 0 aromatic carbocycles. The molecule has 0 radical (unpaired) electrons. The Kier molecular flexibility index (Phi) is 19.4. The van der Waals surface area contributed by atoms with Gasteiger partial charge in [0.25, 0.3) is 0 Å². The van der Waals surface area contributed by atoms with Crippen LogP contribution in [0.3, 0.4) is 0 Å². The maximum Gasteiger partial charge on any atom is 0.330 e. The molecule has 1 N–H and O–H groups in total. The van der Waals surface area contributed by atoms with Crippen LogP contribution >= 0.6 is 0 Å². The van der Waals surface area contributed by atoms with E-state index in [2.05, 4.69) is 20.4 Å². The van der Waals surface area contributed by atoms with Crippen molar-refractivity contribution in [2.45, 2.75) is 104 Å². The van der Waals surface area contributed by atoms with Gasteiger partial charge in [-0.1, -0.05) is 65.4 Å². The monoisotopic (exact) mass is 314 g/mol. The summed E-state index contributed by atoms with van der Waals surface area (Å²) in [6.07, 6.45) is 13.0. The van der Waals surface area contributed by atoms with Crippen LogP contribution in [0.4, 0.5) is 0 Å². The molecular weight excluding hydrogens is 276 g/mol. The van der Waals surface area contributed by atoms with E-state index >= 15 is 0 Å². The summed E-state index contributed by atoms with van der Waals surface area (Å²) in [5.74, 6) is -0.317. The number of hydrogen-bond donors (Lipinski definition) is 1. The van der Waals surface area contributed by atoms with Crippen molar-refractivity contribution in [3.8, 4) is 0 Å². The fourth-order valence-corrected chi connectivity index (χ4v) is 2.03. The number of carbonyl (C=O) groups is 1. The van der Waals surface area contributed by atoms with Crippen LogP contribution in [0, 0.1) is 0 Å².